The van der Waals surface area contributed by atoms with Crippen LogP contribution in [0.2, 0.25) is 10.2 Å². The molecule has 0 aliphatic carbocycles. The van der Waals surface area contributed by atoms with Crippen LogP contribution in [0.5, 0.6) is 0 Å². The molecule has 1 aromatic carbocycles. The Balaban J connectivity index is 2.29. The third-order valence-corrected chi connectivity index (χ3v) is 3.15. The van der Waals surface area contributed by atoms with E-state index < -0.39 is 0 Å². The highest BCUT2D eigenvalue weighted by atomic mass is 35.5. The van der Waals surface area contributed by atoms with Gasteiger partial charge >= 0.3 is 0 Å². The SMILES string of the molecule is Nc1n[nH]c(-c2nc3cc(Cl)ccc3nc2Cl)c1N. The number of aromatic amines is 1. The molecule has 5 N–H and O–H groups in total. The van der Waals surface area contributed by atoms with Crippen molar-refractivity contribution in [3.63, 3.8) is 0 Å². The summed E-state index contributed by atoms with van der Waals surface area (Å²) in [6.45, 7) is 0. The number of rotatable bonds is 1. The van der Waals surface area contributed by atoms with E-state index in [1.165, 1.54) is 0 Å². The zero-order valence-corrected chi connectivity index (χ0v) is 11.0. The van der Waals surface area contributed by atoms with Crippen LogP contribution < -0.4 is 11.5 Å². The molecule has 0 saturated heterocycles. The van der Waals surface area contributed by atoms with Crippen molar-refractivity contribution in [2.24, 2.45) is 0 Å². The molecule has 0 amide bonds. The van der Waals surface area contributed by atoms with Crippen LogP contribution in [-0.4, -0.2) is 20.2 Å². The number of halogens is 2. The molecule has 8 heteroatoms. The van der Waals surface area contributed by atoms with E-state index in [-0.39, 0.29) is 16.7 Å². The van der Waals surface area contributed by atoms with Crippen LogP contribution in [0, 0.1) is 0 Å². The summed E-state index contributed by atoms with van der Waals surface area (Å²) < 4.78 is 0. The number of hydrogen-bond acceptors (Lipinski definition) is 5. The first kappa shape index (κ1) is 12.0. The summed E-state index contributed by atoms with van der Waals surface area (Å²) in [6.07, 6.45) is 0. The summed E-state index contributed by atoms with van der Waals surface area (Å²) >= 11 is 12.0. The topological polar surface area (TPSA) is 106 Å². The van der Waals surface area contributed by atoms with E-state index in [4.69, 9.17) is 34.7 Å². The molecule has 0 saturated carbocycles. The lowest BCUT2D eigenvalue weighted by Gasteiger charge is -2.04. The van der Waals surface area contributed by atoms with E-state index in [1.807, 2.05) is 0 Å². The Hall–Kier alpha value is -2.05. The summed E-state index contributed by atoms with van der Waals surface area (Å²) in [4.78, 5) is 8.64. The van der Waals surface area contributed by atoms with Crippen molar-refractivity contribution in [2.45, 2.75) is 0 Å². The predicted molar refractivity (Wildman–Crippen MR) is 76.0 cm³/mol. The molecule has 0 bridgehead atoms. The number of aromatic nitrogens is 4. The highest BCUT2D eigenvalue weighted by Crippen LogP contribution is 2.32. The molecule has 0 aliphatic rings. The van der Waals surface area contributed by atoms with Gasteiger partial charge in [-0.1, -0.05) is 23.2 Å². The fourth-order valence-corrected chi connectivity index (χ4v) is 2.10. The molecule has 2 heterocycles. The maximum atomic E-state index is 6.11. The van der Waals surface area contributed by atoms with Gasteiger partial charge in [0.25, 0.3) is 0 Å². The summed E-state index contributed by atoms with van der Waals surface area (Å²) in [5.41, 5.74) is 13.8. The van der Waals surface area contributed by atoms with Gasteiger partial charge in [0.15, 0.2) is 11.0 Å². The van der Waals surface area contributed by atoms with Crippen LogP contribution in [0.15, 0.2) is 18.2 Å². The maximum Gasteiger partial charge on any atom is 0.169 e. The van der Waals surface area contributed by atoms with E-state index in [1.54, 1.807) is 18.2 Å². The van der Waals surface area contributed by atoms with Crippen molar-refractivity contribution in [3.05, 3.63) is 28.4 Å². The first-order valence-electron chi connectivity index (χ1n) is 5.28. The molecule has 0 spiro atoms. The Kier molecular flexibility index (Phi) is 2.69. The standard InChI is InChI=1S/C11H8Cl2N6/c12-4-1-2-5-6(3-4)16-9(10(13)17-5)8-7(14)11(15)19-18-8/h1-3H,14H2,(H3,15,18,19). The molecule has 6 nitrogen and oxygen atoms in total. The van der Waals surface area contributed by atoms with Crippen LogP contribution in [0.1, 0.15) is 0 Å². The smallest absolute Gasteiger partial charge is 0.169 e. The van der Waals surface area contributed by atoms with Gasteiger partial charge in [0, 0.05) is 5.02 Å². The molecule has 0 fully saturated rings. The second-order valence-electron chi connectivity index (χ2n) is 3.89. The highest BCUT2D eigenvalue weighted by molar-refractivity contribution is 6.33. The lowest BCUT2D eigenvalue weighted by molar-refractivity contribution is 1.09. The second-order valence-corrected chi connectivity index (χ2v) is 4.69. The molecule has 2 aromatic heterocycles. The normalized spacial score (nSPS) is 11.1. The van der Waals surface area contributed by atoms with Crippen molar-refractivity contribution in [3.8, 4) is 11.4 Å². The summed E-state index contributed by atoms with van der Waals surface area (Å²) in [5, 5.41) is 7.27. The molecule has 0 atom stereocenters. The Labute approximate surface area is 117 Å². The summed E-state index contributed by atoms with van der Waals surface area (Å²) in [5.74, 6) is 0.194. The van der Waals surface area contributed by atoms with Gasteiger partial charge in [0.05, 0.1) is 11.0 Å². The number of hydrogen-bond donors (Lipinski definition) is 3. The lowest BCUT2D eigenvalue weighted by Crippen LogP contribution is -1.96. The largest absolute Gasteiger partial charge is 0.394 e. The number of nitrogens with one attached hydrogen (secondary N) is 1. The van der Waals surface area contributed by atoms with Gasteiger partial charge in [0.1, 0.15) is 17.1 Å². The lowest BCUT2D eigenvalue weighted by atomic mass is 10.2. The minimum absolute atomic E-state index is 0.194. The van der Waals surface area contributed by atoms with Crippen molar-refractivity contribution in [1.82, 2.24) is 20.2 Å². The molecule has 19 heavy (non-hydrogen) atoms. The highest BCUT2D eigenvalue weighted by Gasteiger charge is 2.16. The van der Waals surface area contributed by atoms with Crippen LogP contribution in [-0.2, 0) is 0 Å². The zero-order valence-electron chi connectivity index (χ0n) is 9.48. The number of benzene rings is 1. The van der Waals surface area contributed by atoms with E-state index in [0.29, 0.717) is 27.4 Å². The van der Waals surface area contributed by atoms with Crippen molar-refractivity contribution in [1.29, 1.82) is 0 Å². The number of nitrogen functional groups attached to an aromatic ring is 2. The Morgan fingerprint density at radius 3 is 2.53 bits per heavy atom. The Morgan fingerprint density at radius 1 is 1.05 bits per heavy atom. The second kappa shape index (κ2) is 4.25. The summed E-state index contributed by atoms with van der Waals surface area (Å²) in [7, 11) is 0. The number of fused-ring (bicyclic) bond motifs is 1. The Bertz CT molecular complexity index is 782. The van der Waals surface area contributed by atoms with E-state index in [2.05, 4.69) is 20.2 Å². The quantitative estimate of drug-likeness (QED) is 0.639. The number of anilines is 2. The van der Waals surface area contributed by atoms with Crippen LogP contribution in [0.4, 0.5) is 11.5 Å². The van der Waals surface area contributed by atoms with Gasteiger partial charge in [-0.15, -0.1) is 0 Å². The molecule has 3 aromatic rings. The van der Waals surface area contributed by atoms with Crippen LogP contribution in [0.3, 0.4) is 0 Å². The van der Waals surface area contributed by atoms with Crippen molar-refractivity contribution < 1.29 is 0 Å². The van der Waals surface area contributed by atoms with Crippen molar-refractivity contribution in [2.75, 3.05) is 11.5 Å². The first-order chi connectivity index (χ1) is 9.06. The third-order valence-electron chi connectivity index (χ3n) is 2.65. The van der Waals surface area contributed by atoms with E-state index in [0.717, 1.165) is 0 Å². The van der Waals surface area contributed by atoms with Crippen LogP contribution >= 0.6 is 23.2 Å². The van der Waals surface area contributed by atoms with E-state index in [9.17, 15) is 0 Å². The van der Waals surface area contributed by atoms with E-state index >= 15 is 0 Å². The molecule has 0 radical (unpaired) electrons. The molecule has 0 aliphatic heterocycles. The average molecular weight is 295 g/mol. The van der Waals surface area contributed by atoms with Gasteiger partial charge in [-0.3, -0.25) is 5.10 Å². The Morgan fingerprint density at radius 2 is 1.84 bits per heavy atom. The monoisotopic (exact) mass is 294 g/mol. The molecule has 0 unspecified atom stereocenters. The zero-order chi connectivity index (χ0) is 13.6. The first-order valence-corrected chi connectivity index (χ1v) is 6.04. The fourth-order valence-electron chi connectivity index (χ4n) is 1.71. The third kappa shape index (κ3) is 1.94. The van der Waals surface area contributed by atoms with Crippen molar-refractivity contribution >= 4 is 45.7 Å². The minimum atomic E-state index is 0.194. The number of nitrogens with zero attached hydrogens (tertiary/aromatic N) is 3. The van der Waals surface area contributed by atoms with Gasteiger partial charge in [0.2, 0.25) is 0 Å². The molecule has 3 rings (SSSR count). The van der Waals surface area contributed by atoms with Gasteiger partial charge in [-0.05, 0) is 18.2 Å². The van der Waals surface area contributed by atoms with Crippen LogP contribution in [0.25, 0.3) is 22.4 Å². The minimum Gasteiger partial charge on any atom is -0.394 e. The van der Waals surface area contributed by atoms with Gasteiger partial charge in [-0.2, -0.15) is 5.10 Å². The van der Waals surface area contributed by atoms with Gasteiger partial charge < -0.3 is 11.5 Å². The number of nitrogens with two attached hydrogens (primary N) is 2. The summed E-state index contributed by atoms with van der Waals surface area (Å²) in [6, 6.07) is 5.15. The average Bonchev–Trinajstić information content (AvgIpc) is 2.70. The van der Waals surface area contributed by atoms with Gasteiger partial charge in [-0.25, -0.2) is 9.97 Å². The maximum absolute atomic E-state index is 6.11. The molecule has 96 valence electrons. The predicted octanol–water partition coefficient (Wildman–Crippen LogP) is 2.49. The molecular formula is C11H8Cl2N6. The fraction of sp³-hybridized carbons (Fsp3) is 0. The number of H-pyrrole nitrogens is 1. The molecular weight excluding hydrogens is 287 g/mol.